The minimum absolute atomic E-state index is 0.0372. The number of alkyl carbamates (subject to hydrolysis) is 1. The molecule has 1 aromatic heterocycles. The molecule has 5 unspecified atom stereocenters. The van der Waals surface area contributed by atoms with Crippen molar-refractivity contribution in [1.82, 2.24) is 19.9 Å². The third-order valence-corrected chi connectivity index (χ3v) is 11.4. The molecule has 5 atom stereocenters. The van der Waals surface area contributed by atoms with Crippen LogP contribution in [0.4, 0.5) is 28.0 Å². The number of benzene rings is 2. The van der Waals surface area contributed by atoms with Crippen LogP contribution in [0.15, 0.2) is 47.8 Å². The number of ether oxygens (including phenoxy) is 1. The molecule has 2 saturated heterocycles. The molecule has 2 bridgehead atoms. The van der Waals surface area contributed by atoms with Gasteiger partial charge in [-0.2, -0.15) is 17.5 Å². The molecule has 2 amide bonds. The van der Waals surface area contributed by atoms with Crippen molar-refractivity contribution in [2.45, 2.75) is 55.9 Å². The third-order valence-electron chi connectivity index (χ3n) is 8.25. The standard InChI is InChI=1S/C30H32ClF4N5O5S2/c1-45-29(42)39-26(25(17-7-9-18(31)10-8-17)24-16-46-28(38-24)30(33,34)35)27(41)37-23-6-2-5-22(32)21(23)12-11-20-14-36-19-4-3-13-47(43,44)40(20)15-19/h2,5-10,16,19-20,25-26,36H,3-4,11-15H2,1H3,(H,37,41)(H,39,42). The maximum Gasteiger partial charge on any atom is 0.443 e. The van der Waals surface area contributed by atoms with E-state index in [4.69, 9.17) is 16.3 Å². The monoisotopic (exact) mass is 717 g/mol. The number of sulfonamides is 1. The zero-order valence-corrected chi connectivity index (χ0v) is 27.4. The van der Waals surface area contributed by atoms with Gasteiger partial charge in [0.15, 0.2) is 5.01 Å². The molecule has 2 aromatic carbocycles. The number of hydrogen-bond donors (Lipinski definition) is 3. The van der Waals surface area contributed by atoms with Crippen molar-refractivity contribution < 1.29 is 40.3 Å². The highest BCUT2D eigenvalue weighted by Gasteiger charge is 2.40. The van der Waals surface area contributed by atoms with E-state index >= 15 is 4.39 Å². The lowest BCUT2D eigenvalue weighted by Gasteiger charge is -2.37. The summed E-state index contributed by atoms with van der Waals surface area (Å²) in [5.74, 6) is -2.74. The minimum Gasteiger partial charge on any atom is -0.453 e. The second-order valence-corrected chi connectivity index (χ2v) is 14.6. The van der Waals surface area contributed by atoms with Crippen LogP contribution in [0.3, 0.4) is 0 Å². The van der Waals surface area contributed by atoms with E-state index in [0.29, 0.717) is 41.4 Å². The van der Waals surface area contributed by atoms with E-state index in [1.807, 2.05) is 0 Å². The fraction of sp³-hybridized carbons (Fsp3) is 0.433. The molecule has 0 saturated carbocycles. The van der Waals surface area contributed by atoms with Crippen LogP contribution in [-0.2, 0) is 32.2 Å². The number of nitrogens with one attached hydrogen (secondary N) is 3. The van der Waals surface area contributed by atoms with Gasteiger partial charge in [-0.25, -0.2) is 22.6 Å². The third kappa shape index (κ3) is 8.23. The van der Waals surface area contributed by atoms with Crippen LogP contribution < -0.4 is 16.0 Å². The van der Waals surface area contributed by atoms with Gasteiger partial charge in [-0.05, 0) is 55.5 Å². The van der Waals surface area contributed by atoms with Crippen LogP contribution in [0.1, 0.15) is 47.0 Å². The Kier molecular flexibility index (Phi) is 10.8. The molecule has 10 nitrogen and oxygen atoms in total. The van der Waals surface area contributed by atoms with E-state index in [9.17, 15) is 31.2 Å². The summed E-state index contributed by atoms with van der Waals surface area (Å²) in [7, 11) is -2.43. The summed E-state index contributed by atoms with van der Waals surface area (Å²) in [6, 6.07) is 8.00. The summed E-state index contributed by atoms with van der Waals surface area (Å²) in [6.07, 6.45) is -4.21. The number of rotatable bonds is 9. The van der Waals surface area contributed by atoms with Crippen molar-refractivity contribution in [2.75, 3.05) is 31.3 Å². The maximum atomic E-state index is 15.3. The van der Waals surface area contributed by atoms with E-state index < -0.39 is 57.0 Å². The molecular formula is C30H32ClF4N5O5S2. The molecule has 2 aliphatic rings. The van der Waals surface area contributed by atoms with Crippen LogP contribution >= 0.6 is 22.9 Å². The molecule has 3 aromatic rings. The van der Waals surface area contributed by atoms with Crippen molar-refractivity contribution in [3.05, 3.63) is 80.5 Å². The second-order valence-electron chi connectivity index (χ2n) is 11.3. The van der Waals surface area contributed by atoms with Gasteiger partial charge in [-0.1, -0.05) is 29.8 Å². The number of fused-ring (bicyclic) bond motifs is 2. The van der Waals surface area contributed by atoms with Crippen LogP contribution in [0.2, 0.25) is 5.02 Å². The van der Waals surface area contributed by atoms with E-state index in [1.54, 1.807) is 0 Å². The Morgan fingerprint density at radius 3 is 2.64 bits per heavy atom. The molecular weight excluding hydrogens is 686 g/mol. The lowest BCUT2D eigenvalue weighted by atomic mass is 9.88. The molecule has 5 rings (SSSR count). The summed E-state index contributed by atoms with van der Waals surface area (Å²) in [5.41, 5.74) is 0.313. The molecule has 2 aliphatic heterocycles. The number of hydrogen-bond acceptors (Lipinski definition) is 8. The van der Waals surface area contributed by atoms with Crippen molar-refractivity contribution in [2.24, 2.45) is 0 Å². The van der Waals surface area contributed by atoms with Crippen LogP contribution in [0.25, 0.3) is 0 Å². The van der Waals surface area contributed by atoms with Gasteiger partial charge < -0.3 is 20.7 Å². The first-order valence-electron chi connectivity index (χ1n) is 14.7. The lowest BCUT2D eigenvalue weighted by Crippen LogP contribution is -2.57. The van der Waals surface area contributed by atoms with E-state index in [2.05, 4.69) is 20.9 Å². The predicted octanol–water partition coefficient (Wildman–Crippen LogP) is 5.15. The zero-order chi connectivity index (χ0) is 33.9. The normalized spacial score (nSPS) is 22.0. The Morgan fingerprint density at radius 2 is 1.96 bits per heavy atom. The molecule has 3 heterocycles. The fourth-order valence-electron chi connectivity index (χ4n) is 5.95. The Labute approximate surface area is 277 Å². The number of amides is 2. The molecule has 3 N–H and O–H groups in total. The molecule has 254 valence electrons. The highest BCUT2D eigenvalue weighted by atomic mass is 35.5. The van der Waals surface area contributed by atoms with Gasteiger partial charge in [0.2, 0.25) is 15.9 Å². The van der Waals surface area contributed by atoms with Crippen LogP contribution in [-0.4, -0.2) is 73.8 Å². The van der Waals surface area contributed by atoms with Gasteiger partial charge in [0.1, 0.15) is 11.9 Å². The fourth-order valence-corrected chi connectivity index (χ4v) is 8.60. The number of methoxy groups -OCH3 is 1. The van der Waals surface area contributed by atoms with Crippen molar-refractivity contribution in [1.29, 1.82) is 0 Å². The number of anilines is 1. The van der Waals surface area contributed by atoms with Gasteiger partial charge in [-0.15, -0.1) is 11.3 Å². The molecule has 47 heavy (non-hydrogen) atoms. The Hall–Kier alpha value is -3.31. The van der Waals surface area contributed by atoms with Crippen molar-refractivity contribution in [3.8, 4) is 0 Å². The average Bonchev–Trinajstić information content (AvgIpc) is 3.48. The van der Waals surface area contributed by atoms with Gasteiger partial charge in [-0.3, -0.25) is 4.79 Å². The van der Waals surface area contributed by atoms with E-state index in [1.165, 1.54) is 46.8 Å². The average molecular weight is 718 g/mol. The lowest BCUT2D eigenvalue weighted by molar-refractivity contribution is -0.137. The highest BCUT2D eigenvalue weighted by molar-refractivity contribution is 7.89. The first-order chi connectivity index (χ1) is 22.3. The Balaban J connectivity index is 1.45. The maximum absolute atomic E-state index is 15.3. The largest absolute Gasteiger partial charge is 0.453 e. The minimum atomic E-state index is -4.75. The summed E-state index contributed by atoms with van der Waals surface area (Å²) >= 11 is 6.38. The Bertz CT molecular complexity index is 1710. The number of alkyl halides is 3. The number of nitrogens with zero attached hydrogens (tertiary/aromatic N) is 2. The van der Waals surface area contributed by atoms with Crippen molar-refractivity contribution >= 4 is 50.6 Å². The number of carbonyl (C=O) groups excluding carboxylic acids is 2. The highest BCUT2D eigenvalue weighted by Crippen LogP contribution is 2.37. The number of aromatic nitrogens is 1. The van der Waals surface area contributed by atoms with Gasteiger partial charge in [0.05, 0.1) is 24.5 Å². The van der Waals surface area contributed by atoms with Gasteiger partial charge in [0, 0.05) is 46.8 Å². The summed E-state index contributed by atoms with van der Waals surface area (Å²) in [5, 5.41) is 8.73. The summed E-state index contributed by atoms with van der Waals surface area (Å²) in [4.78, 5) is 30.2. The molecule has 2 fully saturated rings. The number of piperazine rings is 1. The second kappa shape index (κ2) is 14.4. The first kappa shape index (κ1) is 35.0. The zero-order valence-electron chi connectivity index (χ0n) is 25.0. The molecule has 17 heteroatoms. The summed E-state index contributed by atoms with van der Waals surface area (Å²) in [6.45, 7) is 0.717. The predicted molar refractivity (Wildman–Crippen MR) is 168 cm³/mol. The Morgan fingerprint density at radius 1 is 1.21 bits per heavy atom. The summed E-state index contributed by atoms with van der Waals surface area (Å²) < 4.78 is 88.0. The topological polar surface area (TPSA) is 130 Å². The first-order valence-corrected chi connectivity index (χ1v) is 17.6. The van der Waals surface area contributed by atoms with Gasteiger partial charge in [0.25, 0.3) is 0 Å². The van der Waals surface area contributed by atoms with Crippen molar-refractivity contribution in [3.63, 3.8) is 0 Å². The number of thiazole rings is 1. The smallest absolute Gasteiger partial charge is 0.443 e. The molecule has 0 spiro atoms. The molecule has 0 radical (unpaired) electrons. The van der Waals surface area contributed by atoms with Gasteiger partial charge >= 0.3 is 12.3 Å². The quantitative estimate of drug-likeness (QED) is 0.261. The molecule has 0 aliphatic carbocycles. The SMILES string of the molecule is COC(=O)NC(C(=O)Nc1cccc(F)c1CCC1CNC2CCCS(=O)(=O)N1C2)C(c1ccc(Cl)cc1)c1csc(C(F)(F)F)n1. The number of carbonyl (C=O) groups is 2. The van der Waals surface area contributed by atoms with E-state index in [-0.39, 0.29) is 41.6 Å². The number of halogens is 5. The van der Waals surface area contributed by atoms with Crippen LogP contribution in [0, 0.1) is 5.82 Å². The van der Waals surface area contributed by atoms with E-state index in [0.717, 1.165) is 18.9 Å². The van der Waals surface area contributed by atoms with Crippen LogP contribution in [0.5, 0.6) is 0 Å².